The Balaban J connectivity index is 1.94. The molecule has 3 rings (SSSR count). The van der Waals surface area contributed by atoms with Crippen molar-refractivity contribution in [3.63, 3.8) is 0 Å². The standard InChI is InChI=1S/C18H15NO5S/c1-23-13-7-10-8-16(25-15(10)9-14(13)24-2)17(20)19-12-6-4-3-5-11(12)18(21)22/h3-9H,1-2H3,(H,19,20)(H,21,22). The van der Waals surface area contributed by atoms with Gasteiger partial charge in [0.05, 0.1) is 30.3 Å². The number of carboxylic acid groups (broad SMARTS) is 1. The molecule has 0 aliphatic rings. The second-order valence-corrected chi connectivity index (χ2v) is 6.24. The third-order valence-corrected chi connectivity index (χ3v) is 4.75. The van der Waals surface area contributed by atoms with Crippen LogP contribution < -0.4 is 14.8 Å². The maximum Gasteiger partial charge on any atom is 0.337 e. The first-order valence-corrected chi connectivity index (χ1v) is 8.14. The van der Waals surface area contributed by atoms with Crippen molar-refractivity contribution in [2.24, 2.45) is 0 Å². The molecular formula is C18H15NO5S. The molecule has 0 saturated carbocycles. The van der Waals surface area contributed by atoms with Crippen LogP contribution >= 0.6 is 11.3 Å². The van der Waals surface area contributed by atoms with E-state index >= 15 is 0 Å². The molecule has 1 amide bonds. The molecule has 0 bridgehead atoms. The summed E-state index contributed by atoms with van der Waals surface area (Å²) in [5.41, 5.74) is 0.299. The van der Waals surface area contributed by atoms with E-state index in [4.69, 9.17) is 9.47 Å². The molecule has 0 aliphatic carbocycles. The highest BCUT2D eigenvalue weighted by Gasteiger charge is 2.16. The van der Waals surface area contributed by atoms with E-state index < -0.39 is 5.97 Å². The van der Waals surface area contributed by atoms with Crippen LogP contribution in [0.25, 0.3) is 10.1 Å². The summed E-state index contributed by atoms with van der Waals surface area (Å²) in [5.74, 6) is -0.300. The molecule has 6 nitrogen and oxygen atoms in total. The van der Waals surface area contributed by atoms with Gasteiger partial charge >= 0.3 is 5.97 Å². The number of rotatable bonds is 5. The molecule has 7 heteroatoms. The fraction of sp³-hybridized carbons (Fsp3) is 0.111. The summed E-state index contributed by atoms with van der Waals surface area (Å²) in [5, 5.41) is 12.7. The number of para-hydroxylation sites is 1. The predicted octanol–water partition coefficient (Wildman–Crippen LogP) is 3.87. The lowest BCUT2D eigenvalue weighted by molar-refractivity contribution is 0.0698. The molecule has 2 aromatic carbocycles. The van der Waals surface area contributed by atoms with Gasteiger partial charge in [-0.15, -0.1) is 11.3 Å². The van der Waals surface area contributed by atoms with Crippen molar-refractivity contribution >= 4 is 39.0 Å². The van der Waals surface area contributed by atoms with Crippen molar-refractivity contribution in [3.05, 3.63) is 52.9 Å². The van der Waals surface area contributed by atoms with Crippen LogP contribution in [-0.4, -0.2) is 31.2 Å². The van der Waals surface area contributed by atoms with Gasteiger partial charge in [-0.1, -0.05) is 12.1 Å². The number of hydrogen-bond acceptors (Lipinski definition) is 5. The first-order valence-electron chi connectivity index (χ1n) is 7.32. The zero-order valence-electron chi connectivity index (χ0n) is 13.5. The number of carbonyl (C=O) groups excluding carboxylic acids is 1. The van der Waals surface area contributed by atoms with E-state index in [0.717, 1.165) is 10.1 Å². The Kier molecular flexibility index (Phi) is 4.58. The van der Waals surface area contributed by atoms with Crippen LogP contribution in [-0.2, 0) is 0 Å². The highest BCUT2D eigenvalue weighted by atomic mass is 32.1. The molecular weight excluding hydrogens is 342 g/mol. The number of thiophene rings is 1. The van der Waals surface area contributed by atoms with Crippen molar-refractivity contribution in [3.8, 4) is 11.5 Å². The minimum atomic E-state index is -1.10. The Morgan fingerprint density at radius 2 is 1.72 bits per heavy atom. The van der Waals surface area contributed by atoms with Crippen LogP contribution in [0.5, 0.6) is 11.5 Å². The maximum absolute atomic E-state index is 12.5. The average molecular weight is 357 g/mol. The number of benzene rings is 2. The van der Waals surface area contributed by atoms with Gasteiger partial charge in [0.15, 0.2) is 11.5 Å². The van der Waals surface area contributed by atoms with Gasteiger partial charge in [-0.05, 0) is 29.7 Å². The van der Waals surface area contributed by atoms with E-state index in [2.05, 4.69) is 5.32 Å². The molecule has 3 aromatic rings. The van der Waals surface area contributed by atoms with E-state index in [0.29, 0.717) is 16.4 Å². The largest absolute Gasteiger partial charge is 0.493 e. The third kappa shape index (κ3) is 3.27. The molecule has 0 saturated heterocycles. The number of aromatic carboxylic acids is 1. The molecule has 0 atom stereocenters. The van der Waals surface area contributed by atoms with Crippen LogP contribution in [0.15, 0.2) is 42.5 Å². The molecule has 0 spiro atoms. The van der Waals surface area contributed by atoms with Crippen molar-refractivity contribution in [2.45, 2.75) is 0 Å². The number of fused-ring (bicyclic) bond motifs is 1. The van der Waals surface area contributed by atoms with Crippen molar-refractivity contribution < 1.29 is 24.2 Å². The molecule has 1 heterocycles. The summed E-state index contributed by atoms with van der Waals surface area (Å²) in [4.78, 5) is 24.2. The van der Waals surface area contributed by atoms with Gasteiger partial charge in [-0.3, -0.25) is 4.79 Å². The summed E-state index contributed by atoms with van der Waals surface area (Å²) in [6, 6.07) is 11.6. The summed E-state index contributed by atoms with van der Waals surface area (Å²) < 4.78 is 11.4. The highest BCUT2D eigenvalue weighted by Crippen LogP contribution is 2.36. The summed E-state index contributed by atoms with van der Waals surface area (Å²) in [6.07, 6.45) is 0. The minimum Gasteiger partial charge on any atom is -0.493 e. The number of amides is 1. The van der Waals surface area contributed by atoms with Gasteiger partial charge in [0.2, 0.25) is 0 Å². The van der Waals surface area contributed by atoms with Gasteiger partial charge in [-0.25, -0.2) is 4.79 Å². The fourth-order valence-corrected chi connectivity index (χ4v) is 3.41. The Bertz CT molecular complexity index is 922. The second kappa shape index (κ2) is 6.82. The van der Waals surface area contributed by atoms with Gasteiger partial charge < -0.3 is 19.9 Å². The molecule has 0 unspecified atom stereocenters. The SMILES string of the molecule is COc1cc2cc(C(=O)Nc3ccccc3C(=O)O)sc2cc1OC. The molecule has 128 valence electrons. The average Bonchev–Trinajstić information content (AvgIpc) is 3.03. The number of nitrogens with one attached hydrogen (secondary N) is 1. The van der Waals surface area contributed by atoms with E-state index in [1.807, 2.05) is 0 Å². The number of methoxy groups -OCH3 is 2. The monoisotopic (exact) mass is 357 g/mol. The highest BCUT2D eigenvalue weighted by molar-refractivity contribution is 7.21. The Hall–Kier alpha value is -3.06. The normalized spacial score (nSPS) is 10.5. The van der Waals surface area contributed by atoms with E-state index in [1.165, 1.54) is 17.4 Å². The van der Waals surface area contributed by atoms with Crippen molar-refractivity contribution in [2.75, 3.05) is 19.5 Å². The smallest absolute Gasteiger partial charge is 0.337 e. The Labute approximate surface area is 147 Å². The van der Waals surface area contributed by atoms with E-state index in [-0.39, 0.29) is 17.2 Å². The molecule has 0 radical (unpaired) electrons. The first kappa shape index (κ1) is 16.8. The second-order valence-electron chi connectivity index (χ2n) is 5.16. The van der Waals surface area contributed by atoms with Crippen LogP contribution in [0.1, 0.15) is 20.0 Å². The summed E-state index contributed by atoms with van der Waals surface area (Å²) >= 11 is 1.29. The topological polar surface area (TPSA) is 84.9 Å². The van der Waals surface area contributed by atoms with Crippen LogP contribution in [0.3, 0.4) is 0 Å². The Morgan fingerprint density at radius 3 is 2.40 bits per heavy atom. The van der Waals surface area contributed by atoms with Gasteiger partial charge in [-0.2, -0.15) is 0 Å². The number of carboxylic acids is 1. The third-order valence-electron chi connectivity index (χ3n) is 3.65. The fourth-order valence-electron chi connectivity index (χ4n) is 2.44. The zero-order chi connectivity index (χ0) is 18.0. The van der Waals surface area contributed by atoms with E-state index in [9.17, 15) is 14.7 Å². The lowest BCUT2D eigenvalue weighted by Gasteiger charge is -2.06. The minimum absolute atomic E-state index is 0.0419. The molecule has 0 fully saturated rings. The lowest BCUT2D eigenvalue weighted by atomic mass is 10.1. The number of hydrogen-bond donors (Lipinski definition) is 2. The van der Waals surface area contributed by atoms with Gasteiger partial charge in [0.1, 0.15) is 0 Å². The van der Waals surface area contributed by atoms with Crippen LogP contribution in [0.2, 0.25) is 0 Å². The Morgan fingerprint density at radius 1 is 1.04 bits per heavy atom. The quantitative estimate of drug-likeness (QED) is 0.724. The van der Waals surface area contributed by atoms with E-state index in [1.54, 1.807) is 50.6 Å². The zero-order valence-corrected chi connectivity index (χ0v) is 14.3. The molecule has 0 aliphatic heterocycles. The van der Waals surface area contributed by atoms with Crippen molar-refractivity contribution in [1.82, 2.24) is 0 Å². The number of ether oxygens (including phenoxy) is 2. The number of carbonyl (C=O) groups is 2. The maximum atomic E-state index is 12.5. The molecule has 25 heavy (non-hydrogen) atoms. The van der Waals surface area contributed by atoms with Crippen LogP contribution in [0.4, 0.5) is 5.69 Å². The lowest BCUT2D eigenvalue weighted by Crippen LogP contribution is -2.13. The van der Waals surface area contributed by atoms with Crippen molar-refractivity contribution in [1.29, 1.82) is 0 Å². The summed E-state index contributed by atoms with van der Waals surface area (Å²) in [6.45, 7) is 0. The summed E-state index contributed by atoms with van der Waals surface area (Å²) in [7, 11) is 3.10. The predicted molar refractivity (Wildman–Crippen MR) is 96.3 cm³/mol. The van der Waals surface area contributed by atoms with Gasteiger partial charge in [0.25, 0.3) is 5.91 Å². The van der Waals surface area contributed by atoms with Crippen LogP contribution in [0, 0.1) is 0 Å². The first-order chi connectivity index (χ1) is 12.0. The molecule has 1 aromatic heterocycles. The number of anilines is 1. The van der Waals surface area contributed by atoms with Gasteiger partial charge in [0, 0.05) is 10.8 Å². The molecule has 2 N–H and O–H groups in total.